The second-order valence-electron chi connectivity index (χ2n) is 6.44. The Balaban J connectivity index is 1.58. The van der Waals surface area contributed by atoms with Crippen LogP contribution < -0.4 is 0 Å². The van der Waals surface area contributed by atoms with E-state index in [9.17, 15) is 4.79 Å². The van der Waals surface area contributed by atoms with Crippen molar-refractivity contribution >= 4 is 39.9 Å². The van der Waals surface area contributed by atoms with Crippen molar-refractivity contribution in [3.63, 3.8) is 0 Å². The SMILES string of the molecule is Cc1nc(-c2ccccc2)sc1C(=O)N(CCc1cccs1)Cc1cccs1. The van der Waals surface area contributed by atoms with Crippen LogP contribution in [0.2, 0.25) is 0 Å². The predicted octanol–water partition coefficient (Wildman–Crippen LogP) is 6.13. The van der Waals surface area contributed by atoms with E-state index in [-0.39, 0.29) is 5.91 Å². The number of thiazole rings is 1. The molecule has 1 aromatic carbocycles. The van der Waals surface area contributed by atoms with Gasteiger partial charge in [-0.15, -0.1) is 34.0 Å². The number of carbonyl (C=O) groups excluding carboxylic acids is 1. The maximum absolute atomic E-state index is 13.4. The van der Waals surface area contributed by atoms with Crippen molar-refractivity contribution in [3.8, 4) is 10.6 Å². The van der Waals surface area contributed by atoms with E-state index in [1.165, 1.54) is 21.1 Å². The molecule has 1 amide bonds. The summed E-state index contributed by atoms with van der Waals surface area (Å²) in [6, 6.07) is 18.4. The van der Waals surface area contributed by atoms with Gasteiger partial charge in [0.15, 0.2) is 0 Å². The summed E-state index contributed by atoms with van der Waals surface area (Å²) in [5, 5.41) is 5.04. The summed E-state index contributed by atoms with van der Waals surface area (Å²) < 4.78 is 0. The summed E-state index contributed by atoms with van der Waals surface area (Å²) in [7, 11) is 0. The first-order chi connectivity index (χ1) is 13.7. The van der Waals surface area contributed by atoms with E-state index in [4.69, 9.17) is 0 Å². The second-order valence-corrected chi connectivity index (χ2v) is 9.50. The molecule has 0 spiro atoms. The van der Waals surface area contributed by atoms with Gasteiger partial charge >= 0.3 is 0 Å². The van der Waals surface area contributed by atoms with E-state index in [1.54, 1.807) is 22.7 Å². The second kappa shape index (κ2) is 8.82. The summed E-state index contributed by atoms with van der Waals surface area (Å²) in [6.07, 6.45) is 0.873. The number of rotatable bonds is 7. The Morgan fingerprint density at radius 2 is 1.68 bits per heavy atom. The average molecular weight is 425 g/mol. The molecule has 0 aliphatic rings. The van der Waals surface area contributed by atoms with Crippen LogP contribution in [0.5, 0.6) is 0 Å². The molecule has 0 saturated heterocycles. The summed E-state index contributed by atoms with van der Waals surface area (Å²) in [6.45, 7) is 3.27. The van der Waals surface area contributed by atoms with Crippen LogP contribution in [0.25, 0.3) is 10.6 Å². The molecule has 6 heteroatoms. The molecule has 28 heavy (non-hydrogen) atoms. The molecule has 0 saturated carbocycles. The number of hydrogen-bond acceptors (Lipinski definition) is 5. The maximum Gasteiger partial charge on any atom is 0.266 e. The molecule has 0 N–H and O–H groups in total. The molecule has 4 aromatic rings. The Hall–Kier alpha value is -2.28. The van der Waals surface area contributed by atoms with Crippen LogP contribution in [0.15, 0.2) is 65.4 Å². The highest BCUT2D eigenvalue weighted by Crippen LogP contribution is 2.29. The number of benzene rings is 1. The molecule has 3 nitrogen and oxygen atoms in total. The zero-order valence-electron chi connectivity index (χ0n) is 15.5. The molecule has 0 fully saturated rings. The molecule has 0 aliphatic heterocycles. The van der Waals surface area contributed by atoms with Gasteiger partial charge in [0, 0.05) is 21.9 Å². The fourth-order valence-corrected chi connectivity index (χ4v) is 5.44. The summed E-state index contributed by atoms with van der Waals surface area (Å²) >= 11 is 4.92. The monoisotopic (exact) mass is 424 g/mol. The minimum atomic E-state index is 0.0714. The van der Waals surface area contributed by atoms with Crippen molar-refractivity contribution in [2.24, 2.45) is 0 Å². The molecule has 0 atom stereocenters. The molecule has 142 valence electrons. The highest BCUT2D eigenvalue weighted by Gasteiger charge is 2.22. The highest BCUT2D eigenvalue weighted by atomic mass is 32.1. The Kier molecular flexibility index (Phi) is 6.00. The quantitative estimate of drug-likeness (QED) is 0.358. The van der Waals surface area contributed by atoms with Crippen LogP contribution in [-0.2, 0) is 13.0 Å². The fourth-order valence-electron chi connectivity index (χ4n) is 2.99. The molecule has 4 rings (SSSR count). The fraction of sp³-hybridized carbons (Fsp3) is 0.182. The van der Waals surface area contributed by atoms with Crippen LogP contribution in [0.1, 0.15) is 25.1 Å². The van der Waals surface area contributed by atoms with Gasteiger partial charge in [-0.1, -0.05) is 42.5 Å². The van der Waals surface area contributed by atoms with Crippen LogP contribution in [-0.4, -0.2) is 22.3 Å². The largest absolute Gasteiger partial charge is 0.332 e. The smallest absolute Gasteiger partial charge is 0.266 e. The van der Waals surface area contributed by atoms with Gasteiger partial charge in [-0.2, -0.15) is 0 Å². The van der Waals surface area contributed by atoms with Crippen LogP contribution >= 0.6 is 34.0 Å². The maximum atomic E-state index is 13.4. The number of aromatic nitrogens is 1. The highest BCUT2D eigenvalue weighted by molar-refractivity contribution is 7.17. The van der Waals surface area contributed by atoms with E-state index < -0.39 is 0 Å². The Morgan fingerprint density at radius 3 is 2.36 bits per heavy atom. The lowest BCUT2D eigenvalue weighted by Crippen LogP contribution is -2.32. The van der Waals surface area contributed by atoms with E-state index in [2.05, 4.69) is 33.9 Å². The minimum Gasteiger partial charge on any atom is -0.332 e. The zero-order valence-corrected chi connectivity index (χ0v) is 17.9. The van der Waals surface area contributed by atoms with Gasteiger partial charge in [-0.25, -0.2) is 4.98 Å². The summed E-state index contributed by atoms with van der Waals surface area (Å²) in [5.74, 6) is 0.0714. The van der Waals surface area contributed by atoms with Gasteiger partial charge < -0.3 is 4.90 Å². The first kappa shape index (κ1) is 19.1. The minimum absolute atomic E-state index is 0.0714. The normalized spacial score (nSPS) is 10.9. The van der Waals surface area contributed by atoms with Gasteiger partial charge in [0.1, 0.15) is 9.88 Å². The van der Waals surface area contributed by atoms with E-state index >= 15 is 0 Å². The predicted molar refractivity (Wildman–Crippen MR) is 119 cm³/mol. The zero-order chi connectivity index (χ0) is 19.3. The molecular weight excluding hydrogens is 404 g/mol. The molecular formula is C22H20N2OS3. The van der Waals surface area contributed by atoms with Crippen molar-refractivity contribution in [1.82, 2.24) is 9.88 Å². The Labute approximate surface area is 176 Å². The molecule has 0 unspecified atom stereocenters. The number of carbonyl (C=O) groups is 1. The molecule has 0 bridgehead atoms. The van der Waals surface area contributed by atoms with Gasteiger partial charge in [-0.05, 0) is 36.2 Å². The average Bonchev–Trinajstić information content (AvgIpc) is 3.47. The lowest BCUT2D eigenvalue weighted by atomic mass is 10.2. The molecule has 0 radical (unpaired) electrons. The Morgan fingerprint density at radius 1 is 0.964 bits per heavy atom. The van der Waals surface area contributed by atoms with Crippen molar-refractivity contribution in [1.29, 1.82) is 0 Å². The van der Waals surface area contributed by atoms with Gasteiger partial charge in [0.25, 0.3) is 5.91 Å². The van der Waals surface area contributed by atoms with Crippen molar-refractivity contribution in [2.45, 2.75) is 19.9 Å². The van der Waals surface area contributed by atoms with Crippen LogP contribution in [0, 0.1) is 6.92 Å². The Bertz CT molecular complexity index is 1020. The third kappa shape index (κ3) is 4.41. The number of amides is 1. The molecule has 0 aliphatic carbocycles. The third-order valence-corrected chi connectivity index (χ3v) is 7.43. The van der Waals surface area contributed by atoms with Crippen molar-refractivity contribution in [3.05, 3.63) is 85.7 Å². The van der Waals surface area contributed by atoms with E-state index in [1.807, 2.05) is 48.2 Å². The van der Waals surface area contributed by atoms with E-state index in [0.717, 1.165) is 27.6 Å². The number of hydrogen-bond donors (Lipinski definition) is 0. The van der Waals surface area contributed by atoms with Crippen molar-refractivity contribution < 1.29 is 4.79 Å². The standard InChI is InChI=1S/C22H20N2OS3/c1-16-20(28-21(23-16)17-7-3-2-4-8-17)22(25)24(15-19-10-6-14-27-19)12-11-18-9-5-13-26-18/h2-10,13-14H,11-12,15H2,1H3. The lowest BCUT2D eigenvalue weighted by molar-refractivity contribution is 0.0751. The lowest BCUT2D eigenvalue weighted by Gasteiger charge is -2.21. The van der Waals surface area contributed by atoms with Crippen LogP contribution in [0.4, 0.5) is 0 Å². The molecule has 3 aromatic heterocycles. The topological polar surface area (TPSA) is 33.2 Å². The van der Waals surface area contributed by atoms with E-state index in [0.29, 0.717) is 13.1 Å². The first-order valence-electron chi connectivity index (χ1n) is 9.07. The number of aryl methyl sites for hydroxylation is 1. The molecule has 3 heterocycles. The number of nitrogens with zero attached hydrogens (tertiary/aromatic N) is 2. The third-order valence-electron chi connectivity index (χ3n) is 4.43. The van der Waals surface area contributed by atoms with Gasteiger partial charge in [-0.3, -0.25) is 4.79 Å². The number of thiophene rings is 2. The summed E-state index contributed by atoms with van der Waals surface area (Å²) in [5.41, 5.74) is 1.86. The first-order valence-corrected chi connectivity index (χ1v) is 11.6. The van der Waals surface area contributed by atoms with Gasteiger partial charge in [0.05, 0.1) is 12.2 Å². The van der Waals surface area contributed by atoms with Gasteiger partial charge in [0.2, 0.25) is 0 Å². The summed E-state index contributed by atoms with van der Waals surface area (Å²) in [4.78, 5) is 23.3. The van der Waals surface area contributed by atoms with Crippen molar-refractivity contribution in [2.75, 3.05) is 6.54 Å². The van der Waals surface area contributed by atoms with Crippen LogP contribution in [0.3, 0.4) is 0 Å².